The Kier molecular flexibility index (Phi) is 4.31. The molecule has 0 aromatic heterocycles. The van der Waals surface area contributed by atoms with Gasteiger partial charge in [0, 0.05) is 12.5 Å². The van der Waals surface area contributed by atoms with Crippen LogP contribution >= 0.6 is 0 Å². The van der Waals surface area contributed by atoms with E-state index in [0.29, 0.717) is 13.0 Å². The monoisotopic (exact) mass is 245 g/mol. The van der Waals surface area contributed by atoms with Crippen molar-refractivity contribution >= 4 is 0 Å². The molecule has 2 nitrogen and oxygen atoms in total. The van der Waals surface area contributed by atoms with E-state index in [9.17, 15) is 4.39 Å². The van der Waals surface area contributed by atoms with Crippen LogP contribution in [0.4, 0.5) is 4.39 Å². The van der Waals surface area contributed by atoms with Crippen LogP contribution in [-0.4, -0.2) is 6.61 Å². The summed E-state index contributed by atoms with van der Waals surface area (Å²) in [5.41, 5.74) is 6.93. The van der Waals surface area contributed by atoms with Crippen molar-refractivity contribution < 1.29 is 9.13 Å². The van der Waals surface area contributed by atoms with Crippen molar-refractivity contribution in [1.29, 1.82) is 0 Å². The van der Waals surface area contributed by atoms with Gasteiger partial charge in [-0.25, -0.2) is 4.39 Å². The maximum Gasteiger partial charge on any atom is 0.123 e. The van der Waals surface area contributed by atoms with Crippen LogP contribution in [0.2, 0.25) is 0 Å². The molecular formula is C15H16FNO. The average Bonchev–Trinajstić information content (AvgIpc) is 2.40. The lowest BCUT2D eigenvalue weighted by molar-refractivity contribution is 0.298. The van der Waals surface area contributed by atoms with Crippen LogP contribution in [0.25, 0.3) is 0 Å². The Morgan fingerprint density at radius 1 is 1.00 bits per heavy atom. The third kappa shape index (κ3) is 3.57. The van der Waals surface area contributed by atoms with Gasteiger partial charge in [-0.1, -0.05) is 30.3 Å². The van der Waals surface area contributed by atoms with E-state index in [-0.39, 0.29) is 11.9 Å². The van der Waals surface area contributed by atoms with Crippen molar-refractivity contribution in [3.8, 4) is 5.75 Å². The second-order valence-corrected chi connectivity index (χ2v) is 4.11. The van der Waals surface area contributed by atoms with Crippen LogP contribution in [0.5, 0.6) is 5.75 Å². The van der Waals surface area contributed by atoms with Gasteiger partial charge in [0.1, 0.15) is 11.6 Å². The summed E-state index contributed by atoms with van der Waals surface area (Å²) >= 11 is 0. The standard InChI is InChI=1S/C15H16FNO/c16-13-8-6-12(7-9-13)15(17)10-11-18-14-4-2-1-3-5-14/h1-9,15H,10-11,17H2/t15-/m0/s1. The molecule has 0 bridgehead atoms. The SMILES string of the molecule is N[C@@H](CCOc1ccccc1)c1ccc(F)cc1. The van der Waals surface area contributed by atoms with E-state index in [2.05, 4.69) is 0 Å². The van der Waals surface area contributed by atoms with Crippen LogP contribution in [0, 0.1) is 5.82 Å². The minimum atomic E-state index is -0.244. The minimum Gasteiger partial charge on any atom is -0.494 e. The second-order valence-electron chi connectivity index (χ2n) is 4.11. The van der Waals surface area contributed by atoms with Crippen molar-refractivity contribution in [2.24, 2.45) is 5.73 Å². The maximum absolute atomic E-state index is 12.8. The molecule has 0 unspecified atom stereocenters. The van der Waals surface area contributed by atoms with E-state index in [0.717, 1.165) is 11.3 Å². The second kappa shape index (κ2) is 6.17. The van der Waals surface area contributed by atoms with Gasteiger partial charge in [-0.3, -0.25) is 0 Å². The highest BCUT2D eigenvalue weighted by molar-refractivity contribution is 5.21. The molecule has 94 valence electrons. The molecule has 2 N–H and O–H groups in total. The van der Waals surface area contributed by atoms with E-state index in [4.69, 9.17) is 10.5 Å². The Morgan fingerprint density at radius 2 is 1.67 bits per heavy atom. The quantitative estimate of drug-likeness (QED) is 0.877. The topological polar surface area (TPSA) is 35.2 Å². The molecule has 0 spiro atoms. The number of para-hydroxylation sites is 1. The normalized spacial score (nSPS) is 12.1. The Morgan fingerprint density at radius 3 is 2.33 bits per heavy atom. The summed E-state index contributed by atoms with van der Waals surface area (Å²) in [6.07, 6.45) is 0.695. The highest BCUT2D eigenvalue weighted by Crippen LogP contribution is 2.16. The highest BCUT2D eigenvalue weighted by atomic mass is 19.1. The largest absolute Gasteiger partial charge is 0.494 e. The Bertz CT molecular complexity index is 470. The van der Waals surface area contributed by atoms with Gasteiger partial charge >= 0.3 is 0 Å². The van der Waals surface area contributed by atoms with E-state index < -0.39 is 0 Å². The Balaban J connectivity index is 1.81. The molecule has 3 heteroatoms. The molecule has 0 saturated carbocycles. The van der Waals surface area contributed by atoms with Gasteiger partial charge in [0.2, 0.25) is 0 Å². The van der Waals surface area contributed by atoms with Crippen molar-refractivity contribution in [2.45, 2.75) is 12.5 Å². The molecule has 2 aromatic carbocycles. The summed E-state index contributed by atoms with van der Waals surface area (Å²) in [6, 6.07) is 15.7. The number of nitrogens with two attached hydrogens (primary N) is 1. The molecule has 0 amide bonds. The Labute approximate surface area is 106 Å². The summed E-state index contributed by atoms with van der Waals surface area (Å²) in [7, 11) is 0. The molecule has 0 aliphatic heterocycles. The van der Waals surface area contributed by atoms with Crippen molar-refractivity contribution in [2.75, 3.05) is 6.61 Å². The van der Waals surface area contributed by atoms with Crippen LogP contribution in [-0.2, 0) is 0 Å². The zero-order valence-corrected chi connectivity index (χ0v) is 10.1. The van der Waals surface area contributed by atoms with E-state index in [1.807, 2.05) is 30.3 Å². The van der Waals surface area contributed by atoms with Crippen LogP contribution in [0.15, 0.2) is 54.6 Å². The van der Waals surface area contributed by atoms with Gasteiger partial charge in [0.25, 0.3) is 0 Å². The lowest BCUT2D eigenvalue weighted by Crippen LogP contribution is -2.14. The fourth-order valence-electron chi connectivity index (χ4n) is 1.70. The average molecular weight is 245 g/mol. The Hall–Kier alpha value is -1.87. The van der Waals surface area contributed by atoms with Gasteiger partial charge in [-0.15, -0.1) is 0 Å². The number of benzene rings is 2. The van der Waals surface area contributed by atoms with Crippen LogP contribution in [0.3, 0.4) is 0 Å². The van der Waals surface area contributed by atoms with Crippen molar-refractivity contribution in [3.63, 3.8) is 0 Å². The van der Waals surface area contributed by atoms with Crippen LogP contribution in [0.1, 0.15) is 18.0 Å². The molecule has 0 saturated heterocycles. The predicted octanol–water partition coefficient (Wildman–Crippen LogP) is 3.29. The molecule has 0 fully saturated rings. The lowest BCUT2D eigenvalue weighted by atomic mass is 10.1. The van der Waals surface area contributed by atoms with Gasteiger partial charge in [0.05, 0.1) is 6.61 Å². The van der Waals surface area contributed by atoms with E-state index in [1.54, 1.807) is 12.1 Å². The molecule has 2 rings (SSSR count). The summed E-state index contributed by atoms with van der Waals surface area (Å²) in [6.45, 7) is 0.544. The first kappa shape index (κ1) is 12.6. The molecule has 0 aliphatic rings. The predicted molar refractivity (Wildman–Crippen MR) is 69.9 cm³/mol. The molecule has 0 radical (unpaired) electrons. The first-order chi connectivity index (χ1) is 8.75. The molecule has 0 heterocycles. The lowest BCUT2D eigenvalue weighted by Gasteiger charge is -2.12. The highest BCUT2D eigenvalue weighted by Gasteiger charge is 2.06. The zero-order valence-electron chi connectivity index (χ0n) is 10.1. The number of rotatable bonds is 5. The van der Waals surface area contributed by atoms with Gasteiger partial charge < -0.3 is 10.5 Å². The molecule has 18 heavy (non-hydrogen) atoms. The summed E-state index contributed by atoms with van der Waals surface area (Å²) in [5.74, 6) is 0.593. The van der Waals surface area contributed by atoms with Gasteiger partial charge in [-0.05, 0) is 29.8 Å². The van der Waals surface area contributed by atoms with Crippen molar-refractivity contribution in [3.05, 3.63) is 66.0 Å². The van der Waals surface area contributed by atoms with E-state index >= 15 is 0 Å². The summed E-state index contributed by atoms with van der Waals surface area (Å²) < 4.78 is 18.3. The maximum atomic E-state index is 12.8. The fourth-order valence-corrected chi connectivity index (χ4v) is 1.70. The number of hydrogen-bond acceptors (Lipinski definition) is 2. The third-order valence-corrected chi connectivity index (χ3v) is 2.74. The molecule has 0 aliphatic carbocycles. The zero-order chi connectivity index (χ0) is 12.8. The number of hydrogen-bond donors (Lipinski definition) is 1. The molecule has 1 atom stereocenters. The fraction of sp³-hybridized carbons (Fsp3) is 0.200. The summed E-state index contributed by atoms with van der Waals surface area (Å²) in [5, 5.41) is 0. The van der Waals surface area contributed by atoms with E-state index in [1.165, 1.54) is 12.1 Å². The van der Waals surface area contributed by atoms with Crippen LogP contribution < -0.4 is 10.5 Å². The van der Waals surface area contributed by atoms with Gasteiger partial charge in [-0.2, -0.15) is 0 Å². The molecular weight excluding hydrogens is 229 g/mol. The summed E-state index contributed by atoms with van der Waals surface area (Å²) in [4.78, 5) is 0. The number of ether oxygens (including phenoxy) is 1. The van der Waals surface area contributed by atoms with Gasteiger partial charge in [0.15, 0.2) is 0 Å². The molecule has 2 aromatic rings. The van der Waals surface area contributed by atoms with Crippen molar-refractivity contribution in [1.82, 2.24) is 0 Å². The first-order valence-electron chi connectivity index (χ1n) is 5.94. The first-order valence-corrected chi connectivity index (χ1v) is 5.94. The third-order valence-electron chi connectivity index (χ3n) is 2.74. The smallest absolute Gasteiger partial charge is 0.123 e. The minimum absolute atomic E-state index is 0.130. The number of halogens is 1.